The van der Waals surface area contributed by atoms with E-state index in [1.54, 1.807) is 0 Å². The van der Waals surface area contributed by atoms with E-state index in [4.69, 9.17) is 0 Å². The molecule has 75 heavy (non-hydrogen) atoms. The van der Waals surface area contributed by atoms with E-state index < -0.39 is 0 Å². The molecule has 0 spiro atoms. The first kappa shape index (κ1) is 49.1. The maximum Gasteiger partial charge on any atom is 0.254 e. The normalized spacial score (nSPS) is 15.6. The number of nitrogens with zero attached hydrogens (tertiary/aromatic N) is 3. The van der Waals surface area contributed by atoms with Crippen molar-refractivity contribution >= 4 is 95.0 Å². The van der Waals surface area contributed by atoms with Gasteiger partial charge in [0, 0.05) is 44.5 Å². The molecule has 1 aromatic heterocycles. The molecule has 9 aromatic rings. The lowest BCUT2D eigenvalue weighted by molar-refractivity contribution is 0.332. The lowest BCUT2D eigenvalue weighted by Gasteiger charge is -2.47. The van der Waals surface area contributed by atoms with Crippen molar-refractivity contribution in [3.63, 3.8) is 0 Å². The number of rotatable bonds is 6. The first-order valence-electron chi connectivity index (χ1n) is 27.3. The second-order valence-corrected chi connectivity index (χ2v) is 27.2. The van der Waals surface area contributed by atoms with Gasteiger partial charge in [-0.3, -0.25) is 0 Å². The Hall–Kier alpha value is -6.82. The largest absolute Gasteiger partial charge is 0.311 e. The summed E-state index contributed by atoms with van der Waals surface area (Å²) in [5, 5.41) is 2.66. The molecule has 3 aliphatic rings. The number of anilines is 9. The van der Waals surface area contributed by atoms with Crippen molar-refractivity contribution in [3.8, 4) is 11.1 Å². The van der Waals surface area contributed by atoms with E-state index in [0.29, 0.717) is 0 Å². The molecule has 0 saturated carbocycles. The molecule has 5 heteroatoms. The predicted octanol–water partition coefficient (Wildman–Crippen LogP) is 18.4. The van der Waals surface area contributed by atoms with E-state index in [1.165, 1.54) is 98.9 Å². The summed E-state index contributed by atoms with van der Waals surface area (Å²) < 4.78 is 1.32. The summed E-state index contributed by atoms with van der Waals surface area (Å²) >= 11 is 1.95. The van der Waals surface area contributed by atoms with Gasteiger partial charge in [-0.15, -0.1) is 11.3 Å². The predicted molar refractivity (Wildman–Crippen MR) is 327 cm³/mol. The van der Waals surface area contributed by atoms with Gasteiger partial charge in [0.15, 0.2) is 0 Å². The number of thiophene rings is 1. The number of benzene rings is 8. The van der Waals surface area contributed by atoms with E-state index in [-0.39, 0.29) is 33.8 Å². The zero-order valence-electron chi connectivity index (χ0n) is 46.5. The Kier molecular flexibility index (Phi) is 11.4. The van der Waals surface area contributed by atoms with E-state index in [2.05, 4.69) is 281 Å². The van der Waals surface area contributed by atoms with Gasteiger partial charge in [-0.25, -0.2) is 0 Å². The van der Waals surface area contributed by atoms with Crippen LogP contribution in [0.1, 0.15) is 131 Å². The number of hydrogen-bond donors (Lipinski definition) is 0. The smallest absolute Gasteiger partial charge is 0.254 e. The molecule has 0 radical (unpaired) electrons. The van der Waals surface area contributed by atoms with Crippen molar-refractivity contribution in [3.05, 3.63) is 204 Å². The van der Waals surface area contributed by atoms with Crippen molar-refractivity contribution in [2.75, 3.05) is 14.7 Å². The minimum Gasteiger partial charge on any atom is -0.311 e. The highest BCUT2D eigenvalue weighted by Gasteiger charge is 2.48. The Morgan fingerprint density at radius 1 is 0.440 bits per heavy atom. The molecular formula is C70H72BN3S. The zero-order chi connectivity index (χ0) is 52.6. The Morgan fingerprint density at radius 2 is 0.920 bits per heavy atom. The summed E-state index contributed by atoms with van der Waals surface area (Å²) in [4.78, 5) is 7.77. The van der Waals surface area contributed by atoms with Crippen molar-refractivity contribution in [1.82, 2.24) is 0 Å². The van der Waals surface area contributed by atoms with E-state index >= 15 is 0 Å². The Bertz CT molecular complexity index is 3640. The topological polar surface area (TPSA) is 9.72 Å². The SMILES string of the molecule is CC(C)(C)c1ccc(N2c3cc4c(cc3B3c5c2cc(N(c2ccccc2)c2ccc(-c6ccccc6)cc2)cc5N(c2ccc(C(C)(C)C)cc2)c2sc5ccc(C(C)(C)C)cc5c23)C(C)(C)CCC4(C)C)cc1. The van der Waals surface area contributed by atoms with Gasteiger partial charge in [0.05, 0.1) is 10.7 Å². The van der Waals surface area contributed by atoms with Gasteiger partial charge in [0.1, 0.15) is 0 Å². The van der Waals surface area contributed by atoms with Crippen LogP contribution in [0.5, 0.6) is 0 Å². The fourth-order valence-corrected chi connectivity index (χ4v) is 13.6. The average molecular weight is 998 g/mol. The van der Waals surface area contributed by atoms with E-state index in [9.17, 15) is 0 Å². The molecule has 3 nitrogen and oxygen atoms in total. The molecule has 0 fully saturated rings. The fraction of sp³-hybridized carbons (Fsp3) is 0.286. The van der Waals surface area contributed by atoms with Crippen molar-refractivity contribution in [2.45, 2.75) is 130 Å². The van der Waals surface area contributed by atoms with Crippen LogP contribution in [-0.4, -0.2) is 6.71 Å². The van der Waals surface area contributed by atoms with Crippen molar-refractivity contribution in [2.24, 2.45) is 0 Å². The molecule has 0 N–H and O–H groups in total. The molecule has 0 atom stereocenters. The molecule has 376 valence electrons. The van der Waals surface area contributed by atoms with Crippen LogP contribution in [0.25, 0.3) is 21.2 Å². The molecule has 2 aliphatic heterocycles. The Balaban J connectivity index is 1.22. The van der Waals surface area contributed by atoms with E-state index in [1.807, 2.05) is 11.3 Å². The highest BCUT2D eigenvalue weighted by Crippen LogP contribution is 2.54. The standard InChI is InChI=1S/C70H72BN3S/c1-66(2,3)47-26-33-52(34-27-47)73-59-44-57-56(69(10,11)38-39-70(57,12)13)43-58(59)71-63-55-40-49(68(7,8)9)30-37-62(55)75-65(63)74(53-35-28-48(29-36-53)67(4,5)6)61-42-54(41-60(73)64(61)71)72(50-22-18-15-19-23-50)51-31-24-46(25-32-51)45-20-16-14-17-21-45/h14-37,40-44H,38-39H2,1-13H3. The summed E-state index contributed by atoms with van der Waals surface area (Å²) in [6, 6.07) is 67.6. The summed E-state index contributed by atoms with van der Waals surface area (Å²) in [7, 11) is 0. The zero-order valence-corrected chi connectivity index (χ0v) is 47.3. The fourth-order valence-electron chi connectivity index (χ4n) is 12.4. The molecule has 0 unspecified atom stereocenters. The molecule has 12 rings (SSSR count). The average Bonchev–Trinajstić information content (AvgIpc) is 3.92. The molecule has 1 aliphatic carbocycles. The van der Waals surface area contributed by atoms with E-state index in [0.717, 1.165) is 29.9 Å². The lowest BCUT2D eigenvalue weighted by Crippen LogP contribution is -2.61. The summed E-state index contributed by atoms with van der Waals surface area (Å²) in [5.41, 5.74) is 22.9. The molecule has 0 saturated heterocycles. The van der Waals surface area contributed by atoms with Crippen LogP contribution >= 0.6 is 11.3 Å². The third-order valence-electron chi connectivity index (χ3n) is 17.0. The molecule has 3 heterocycles. The Morgan fingerprint density at radius 3 is 1.48 bits per heavy atom. The van der Waals surface area contributed by atoms with Crippen LogP contribution in [-0.2, 0) is 27.1 Å². The minimum absolute atomic E-state index is 0.00872. The summed E-state index contributed by atoms with van der Waals surface area (Å²) in [6.07, 6.45) is 2.30. The molecule has 0 amide bonds. The maximum atomic E-state index is 2.69. The second-order valence-electron chi connectivity index (χ2n) is 26.2. The quantitative estimate of drug-likeness (QED) is 0.154. The lowest BCUT2D eigenvalue weighted by atomic mass is 9.33. The van der Waals surface area contributed by atoms with Crippen LogP contribution in [0.3, 0.4) is 0 Å². The van der Waals surface area contributed by atoms with Crippen LogP contribution in [0, 0.1) is 0 Å². The van der Waals surface area contributed by atoms with Gasteiger partial charge in [0.25, 0.3) is 6.71 Å². The summed E-state index contributed by atoms with van der Waals surface area (Å²) in [5.74, 6) is 0. The highest BCUT2D eigenvalue weighted by molar-refractivity contribution is 7.26. The summed E-state index contributed by atoms with van der Waals surface area (Å²) in [6.45, 7) is 30.9. The first-order chi connectivity index (χ1) is 35.6. The molecule has 0 bridgehead atoms. The third-order valence-corrected chi connectivity index (χ3v) is 18.2. The van der Waals surface area contributed by atoms with Crippen LogP contribution < -0.4 is 31.1 Å². The maximum absolute atomic E-state index is 2.69. The number of hydrogen-bond acceptors (Lipinski definition) is 4. The third kappa shape index (κ3) is 8.32. The molecular weight excluding hydrogens is 926 g/mol. The van der Waals surface area contributed by atoms with Gasteiger partial charge in [-0.2, -0.15) is 0 Å². The number of fused-ring (bicyclic) bond motifs is 7. The monoisotopic (exact) mass is 998 g/mol. The second kappa shape index (κ2) is 17.4. The van der Waals surface area contributed by atoms with Gasteiger partial charge < -0.3 is 14.7 Å². The highest BCUT2D eigenvalue weighted by atomic mass is 32.1. The van der Waals surface area contributed by atoms with Gasteiger partial charge in [-0.05, 0) is 173 Å². The van der Waals surface area contributed by atoms with Gasteiger partial charge >= 0.3 is 0 Å². The van der Waals surface area contributed by atoms with Crippen LogP contribution in [0.15, 0.2) is 176 Å². The Labute approximate surface area is 452 Å². The van der Waals surface area contributed by atoms with Gasteiger partial charge in [-0.1, -0.05) is 193 Å². The van der Waals surface area contributed by atoms with Crippen LogP contribution in [0.4, 0.5) is 50.5 Å². The number of para-hydroxylation sites is 1. The first-order valence-corrected chi connectivity index (χ1v) is 28.1. The van der Waals surface area contributed by atoms with Crippen LogP contribution in [0.2, 0.25) is 0 Å². The van der Waals surface area contributed by atoms with Gasteiger partial charge in [0.2, 0.25) is 0 Å². The van der Waals surface area contributed by atoms with Crippen molar-refractivity contribution < 1.29 is 0 Å². The minimum atomic E-state index is -0.0327. The molecule has 8 aromatic carbocycles. The van der Waals surface area contributed by atoms with Crippen molar-refractivity contribution in [1.29, 1.82) is 0 Å².